The van der Waals surface area contributed by atoms with Crippen LogP contribution in [0, 0.1) is 0 Å². The minimum Gasteiger partial charge on any atom is -0.396 e. The van der Waals surface area contributed by atoms with Gasteiger partial charge in [-0.3, -0.25) is 0 Å². The van der Waals surface area contributed by atoms with Crippen LogP contribution in [0.4, 0.5) is 0 Å². The maximum atomic E-state index is 8.90. The van der Waals surface area contributed by atoms with E-state index < -0.39 is 0 Å². The summed E-state index contributed by atoms with van der Waals surface area (Å²) in [6, 6.07) is 0. The molecule has 2 aliphatic heterocycles. The molecule has 0 aromatic carbocycles. The number of hydrogen-bond acceptors (Lipinski definition) is 3. The van der Waals surface area contributed by atoms with Gasteiger partial charge in [-0.05, 0) is 12.5 Å². The summed E-state index contributed by atoms with van der Waals surface area (Å²) < 4.78 is 11.8. The fourth-order valence-corrected chi connectivity index (χ4v) is 3.10. The molecule has 0 aromatic heterocycles. The number of halogens is 2. The number of rotatable bonds is 4. The zero-order chi connectivity index (χ0) is 12.3. The first-order valence-corrected chi connectivity index (χ1v) is 7.65. The molecule has 0 saturated carbocycles. The maximum Gasteiger partial charge on any atom is 0.0871 e. The summed E-state index contributed by atoms with van der Waals surface area (Å²) >= 11 is 6.74. The molecule has 2 aliphatic rings. The summed E-state index contributed by atoms with van der Waals surface area (Å²) in [5.74, 6) is 0. The largest absolute Gasteiger partial charge is 0.396 e. The van der Waals surface area contributed by atoms with Crippen LogP contribution in [0.3, 0.4) is 0 Å². The average Bonchev–Trinajstić information content (AvgIpc) is 2.84. The number of aliphatic hydroxyl groups is 1. The Morgan fingerprint density at radius 1 is 1.35 bits per heavy atom. The summed E-state index contributed by atoms with van der Waals surface area (Å²) in [6.45, 7) is 0.188. The van der Waals surface area contributed by atoms with Crippen molar-refractivity contribution in [2.75, 3.05) is 6.61 Å². The van der Waals surface area contributed by atoms with Crippen LogP contribution >= 0.6 is 31.9 Å². The van der Waals surface area contributed by atoms with Crippen molar-refractivity contribution in [2.45, 2.75) is 48.5 Å². The summed E-state index contributed by atoms with van der Waals surface area (Å²) in [5, 5.41) is 8.90. The molecule has 0 amide bonds. The highest BCUT2D eigenvalue weighted by molar-refractivity contribution is 9.11. The Bertz CT molecular complexity index is 301. The highest BCUT2D eigenvalue weighted by Gasteiger charge is 2.44. The number of alkyl halides is 1. The van der Waals surface area contributed by atoms with Crippen molar-refractivity contribution in [2.24, 2.45) is 0 Å². The lowest BCUT2D eigenvalue weighted by Crippen LogP contribution is -2.23. The van der Waals surface area contributed by atoms with Gasteiger partial charge in [0.25, 0.3) is 0 Å². The molecule has 3 nitrogen and oxygen atoms in total. The number of fused-ring (bicyclic) bond motifs is 1. The van der Waals surface area contributed by atoms with Gasteiger partial charge in [-0.2, -0.15) is 0 Å². The number of aliphatic hydroxyl groups excluding tert-OH is 1. The van der Waals surface area contributed by atoms with Gasteiger partial charge in [0.05, 0.1) is 24.4 Å². The van der Waals surface area contributed by atoms with Crippen molar-refractivity contribution < 1.29 is 14.6 Å². The van der Waals surface area contributed by atoms with E-state index in [1.165, 1.54) is 0 Å². The second-order valence-electron chi connectivity index (χ2n) is 4.37. The predicted octanol–water partition coefficient (Wildman–Crippen LogP) is 2.51. The summed E-state index contributed by atoms with van der Waals surface area (Å²) in [5.41, 5.74) is 2.98. The molecule has 2 heterocycles. The molecule has 0 radical (unpaired) electrons. The van der Waals surface area contributed by atoms with Crippen LogP contribution in [0.2, 0.25) is 0 Å². The predicted molar refractivity (Wildman–Crippen MR) is 72.6 cm³/mol. The zero-order valence-corrected chi connectivity index (χ0v) is 12.6. The van der Waals surface area contributed by atoms with Crippen LogP contribution in [0.1, 0.15) is 19.3 Å². The normalized spacial score (nSPS) is 37.4. The quantitative estimate of drug-likeness (QED) is 0.613. The van der Waals surface area contributed by atoms with E-state index >= 15 is 0 Å². The molecule has 17 heavy (non-hydrogen) atoms. The van der Waals surface area contributed by atoms with Gasteiger partial charge in [0.1, 0.15) is 0 Å². The van der Waals surface area contributed by atoms with E-state index in [0.717, 1.165) is 19.3 Å². The van der Waals surface area contributed by atoms with Crippen molar-refractivity contribution in [3.05, 3.63) is 16.8 Å². The molecule has 0 bridgehead atoms. The first-order valence-electron chi connectivity index (χ1n) is 5.81. The molecule has 0 aromatic rings. The fourth-order valence-electron chi connectivity index (χ4n) is 2.40. The molecule has 2 fully saturated rings. The smallest absolute Gasteiger partial charge is 0.0871 e. The summed E-state index contributed by atoms with van der Waals surface area (Å²) in [4.78, 5) is 1.92. The lowest BCUT2D eigenvalue weighted by molar-refractivity contribution is 0.0353. The highest BCUT2D eigenvalue weighted by atomic mass is 79.9. The first kappa shape index (κ1) is 13.8. The van der Waals surface area contributed by atoms with Crippen molar-refractivity contribution in [3.8, 4) is 0 Å². The van der Waals surface area contributed by atoms with E-state index in [1.807, 2.05) is 6.08 Å². The minimum atomic E-state index is 0.117. The van der Waals surface area contributed by atoms with Gasteiger partial charge in [-0.15, -0.1) is 5.73 Å². The Morgan fingerprint density at radius 3 is 2.76 bits per heavy atom. The Morgan fingerprint density at radius 2 is 2.12 bits per heavy atom. The highest BCUT2D eigenvalue weighted by Crippen LogP contribution is 2.37. The molecule has 5 heteroatoms. The van der Waals surface area contributed by atoms with Gasteiger partial charge >= 0.3 is 0 Å². The van der Waals surface area contributed by atoms with Crippen molar-refractivity contribution in [1.29, 1.82) is 0 Å². The molecule has 0 unspecified atom stereocenters. The van der Waals surface area contributed by atoms with Crippen LogP contribution in [0.15, 0.2) is 16.8 Å². The first-order chi connectivity index (χ1) is 8.24. The van der Waals surface area contributed by atoms with Crippen LogP contribution in [0.25, 0.3) is 0 Å². The monoisotopic (exact) mass is 366 g/mol. The van der Waals surface area contributed by atoms with E-state index in [2.05, 4.69) is 37.6 Å². The fraction of sp³-hybridized carbons (Fsp3) is 0.750. The average molecular weight is 368 g/mol. The van der Waals surface area contributed by atoms with E-state index in [9.17, 15) is 0 Å². The standard InChI is InChI=1S/C12H16Br2O3/c13-4-1-2-8-6-11-12(16-8)7-10(17-11)9(14)3-5-15/h2,4,8-12,15H,3,5-7H2/t1?,8-,9+,10+,11-,12-/m0/s1. The lowest BCUT2D eigenvalue weighted by atomic mass is 10.1. The zero-order valence-electron chi connectivity index (χ0n) is 9.39. The molecular formula is C12H16Br2O3. The molecule has 1 N–H and O–H groups in total. The van der Waals surface area contributed by atoms with E-state index in [1.54, 1.807) is 4.99 Å². The molecule has 96 valence electrons. The SMILES string of the molecule is OCC[C@@H](Br)[C@H]1C[C@@H]2O[C@@H](C=C=CBr)C[C@@H]2O1. The summed E-state index contributed by atoms with van der Waals surface area (Å²) in [7, 11) is 0. The molecule has 0 spiro atoms. The van der Waals surface area contributed by atoms with Gasteiger partial charge in [-0.1, -0.05) is 31.9 Å². The Balaban J connectivity index is 1.85. The van der Waals surface area contributed by atoms with E-state index in [0.29, 0.717) is 0 Å². The molecule has 2 rings (SSSR count). The van der Waals surface area contributed by atoms with Gasteiger partial charge in [0.15, 0.2) is 0 Å². The molecule has 2 saturated heterocycles. The van der Waals surface area contributed by atoms with Gasteiger partial charge in [0, 0.05) is 29.3 Å². The van der Waals surface area contributed by atoms with Crippen LogP contribution in [-0.2, 0) is 9.47 Å². The van der Waals surface area contributed by atoms with E-state index in [-0.39, 0.29) is 35.8 Å². The summed E-state index contributed by atoms with van der Waals surface area (Å²) in [6.07, 6.45) is 5.11. The third kappa shape index (κ3) is 3.43. The third-order valence-corrected chi connectivity index (χ3v) is 4.51. The van der Waals surface area contributed by atoms with Crippen molar-refractivity contribution in [3.63, 3.8) is 0 Å². The van der Waals surface area contributed by atoms with Crippen LogP contribution < -0.4 is 0 Å². The Kier molecular flexibility index (Phi) is 5.27. The van der Waals surface area contributed by atoms with Gasteiger partial charge in [-0.25, -0.2) is 0 Å². The Labute approximate surface area is 118 Å². The van der Waals surface area contributed by atoms with Crippen molar-refractivity contribution in [1.82, 2.24) is 0 Å². The minimum absolute atomic E-state index is 0.117. The number of ether oxygens (including phenoxy) is 2. The molecular weight excluding hydrogens is 352 g/mol. The maximum absolute atomic E-state index is 8.90. The van der Waals surface area contributed by atoms with Crippen molar-refractivity contribution >= 4 is 31.9 Å². The molecule has 0 aliphatic carbocycles. The van der Waals surface area contributed by atoms with Crippen LogP contribution in [-0.4, -0.2) is 41.0 Å². The number of hydrogen-bond donors (Lipinski definition) is 1. The second kappa shape index (κ2) is 6.50. The Hall–Kier alpha value is 0.360. The van der Waals surface area contributed by atoms with Gasteiger partial charge < -0.3 is 14.6 Å². The second-order valence-corrected chi connectivity index (χ2v) is 6.00. The van der Waals surface area contributed by atoms with Gasteiger partial charge in [0.2, 0.25) is 0 Å². The third-order valence-electron chi connectivity index (χ3n) is 3.20. The van der Waals surface area contributed by atoms with E-state index in [4.69, 9.17) is 14.6 Å². The lowest BCUT2D eigenvalue weighted by Gasteiger charge is -2.18. The van der Waals surface area contributed by atoms with Crippen LogP contribution in [0.5, 0.6) is 0 Å². The topological polar surface area (TPSA) is 38.7 Å². The molecule has 5 atom stereocenters.